The highest BCUT2D eigenvalue weighted by molar-refractivity contribution is 9.11. The van der Waals surface area contributed by atoms with E-state index in [4.69, 9.17) is 4.74 Å². The van der Waals surface area contributed by atoms with E-state index in [9.17, 15) is 0 Å². The zero-order valence-corrected chi connectivity index (χ0v) is 12.1. The number of rotatable bonds is 2. The molecular weight excluding hydrogens is 420 g/mol. The lowest BCUT2D eigenvalue weighted by molar-refractivity contribution is 0.393. The molecule has 0 spiro atoms. The lowest BCUT2D eigenvalue weighted by atomic mass is 10.3. The predicted molar refractivity (Wildman–Crippen MR) is 64.0 cm³/mol. The molecule has 0 saturated heterocycles. The third-order valence-electron chi connectivity index (χ3n) is 1.16. The Balaban J connectivity index is 3.10. The number of hydrogen-bond acceptors (Lipinski definition) is 1. The lowest BCUT2D eigenvalue weighted by Crippen LogP contribution is -1.90. The van der Waals surface area contributed by atoms with E-state index in [1.165, 1.54) is 0 Å². The third-order valence-corrected chi connectivity index (χ3v) is 3.03. The molecule has 1 aromatic rings. The Hall–Kier alpha value is 0.940. The van der Waals surface area contributed by atoms with Gasteiger partial charge in [0.25, 0.3) is 0 Å². The smallest absolute Gasteiger partial charge is 0.149 e. The van der Waals surface area contributed by atoms with Crippen LogP contribution >= 0.6 is 63.7 Å². The van der Waals surface area contributed by atoms with Crippen LogP contribution in [0.3, 0.4) is 0 Å². The molecule has 0 bridgehead atoms. The van der Waals surface area contributed by atoms with Gasteiger partial charge in [-0.2, -0.15) is 0 Å². The fourth-order valence-electron chi connectivity index (χ4n) is 0.721. The lowest BCUT2D eigenvalue weighted by Gasteiger charge is -2.07. The van der Waals surface area contributed by atoms with Crippen LogP contribution in [-0.2, 0) is 0 Å². The summed E-state index contributed by atoms with van der Waals surface area (Å²) in [5.41, 5.74) is 0.478. The first-order valence-electron chi connectivity index (χ1n) is 2.98. The number of ether oxygens (including phenoxy) is 1. The number of halogens is 4. The average molecular weight is 424 g/mol. The second-order valence-corrected chi connectivity index (χ2v) is 5.03. The minimum Gasteiger partial charge on any atom is -0.480 e. The van der Waals surface area contributed by atoms with Gasteiger partial charge in [0.1, 0.15) is 11.3 Å². The van der Waals surface area contributed by atoms with Crippen molar-refractivity contribution in [3.05, 3.63) is 25.6 Å². The molecule has 1 rings (SSSR count). The van der Waals surface area contributed by atoms with Crippen molar-refractivity contribution in [3.8, 4) is 5.75 Å². The summed E-state index contributed by atoms with van der Waals surface area (Å²) in [4.78, 5) is 0. The summed E-state index contributed by atoms with van der Waals surface area (Å²) in [6.07, 6.45) is 0. The Morgan fingerprint density at radius 2 is 1.58 bits per heavy atom. The second-order valence-electron chi connectivity index (χ2n) is 1.95. The largest absolute Gasteiger partial charge is 0.480 e. The van der Waals surface area contributed by atoms with Gasteiger partial charge >= 0.3 is 0 Å². The molecular formula is C7H4Br4O. The summed E-state index contributed by atoms with van der Waals surface area (Å²) >= 11 is 13.4. The zero-order valence-electron chi connectivity index (χ0n) is 5.78. The molecule has 0 aliphatic rings. The van der Waals surface area contributed by atoms with Crippen LogP contribution in [0.25, 0.3) is 0 Å². The molecule has 0 N–H and O–H groups in total. The van der Waals surface area contributed by atoms with E-state index in [2.05, 4.69) is 63.7 Å². The van der Waals surface area contributed by atoms with E-state index in [1.807, 2.05) is 12.1 Å². The number of hydrogen-bond donors (Lipinski definition) is 0. The summed E-state index contributed by atoms with van der Waals surface area (Å²) in [6.45, 7) is 0. The van der Waals surface area contributed by atoms with Gasteiger partial charge in [0.05, 0.1) is 8.95 Å². The Bertz CT molecular complexity index is 264. The molecule has 0 heterocycles. The van der Waals surface area contributed by atoms with Crippen LogP contribution in [0.2, 0.25) is 0 Å². The molecule has 0 radical (unpaired) electrons. The summed E-state index contributed by atoms with van der Waals surface area (Å²) in [7, 11) is 0. The highest BCUT2D eigenvalue weighted by Gasteiger charge is 2.06. The van der Waals surface area contributed by atoms with Crippen LogP contribution in [-0.4, -0.2) is 5.52 Å². The van der Waals surface area contributed by atoms with Crippen molar-refractivity contribution in [1.29, 1.82) is 0 Å². The molecule has 0 aromatic heterocycles. The molecule has 5 heteroatoms. The standard InChI is InChI=1S/C7H4Br4O/c8-3-12-7-5(10)1-4(9)2-6(7)11/h1-2H,3H2. The molecule has 66 valence electrons. The second kappa shape index (κ2) is 4.98. The third kappa shape index (κ3) is 2.72. The van der Waals surface area contributed by atoms with E-state index in [-0.39, 0.29) is 0 Å². The maximum Gasteiger partial charge on any atom is 0.149 e. The van der Waals surface area contributed by atoms with Gasteiger partial charge in [-0.3, -0.25) is 0 Å². The van der Waals surface area contributed by atoms with Crippen LogP contribution in [0.1, 0.15) is 0 Å². The highest BCUT2D eigenvalue weighted by Crippen LogP contribution is 2.36. The molecule has 0 aliphatic carbocycles. The van der Waals surface area contributed by atoms with E-state index in [0.29, 0.717) is 5.52 Å². The van der Waals surface area contributed by atoms with Crippen LogP contribution in [0.5, 0.6) is 5.75 Å². The normalized spacial score (nSPS) is 10.0. The van der Waals surface area contributed by atoms with Gasteiger partial charge in [0.15, 0.2) is 0 Å². The summed E-state index contributed by atoms with van der Waals surface area (Å²) in [5, 5.41) is 0. The van der Waals surface area contributed by atoms with Crippen LogP contribution < -0.4 is 4.74 Å². The Labute approximate surface area is 104 Å². The summed E-state index contributed by atoms with van der Waals surface area (Å²) < 4.78 is 8.17. The molecule has 1 nitrogen and oxygen atoms in total. The highest BCUT2D eigenvalue weighted by atomic mass is 79.9. The van der Waals surface area contributed by atoms with Crippen LogP contribution in [0.4, 0.5) is 0 Å². The van der Waals surface area contributed by atoms with Gasteiger partial charge in [0.2, 0.25) is 0 Å². The summed E-state index contributed by atoms with van der Waals surface area (Å²) in [6, 6.07) is 3.87. The van der Waals surface area contributed by atoms with Gasteiger partial charge < -0.3 is 4.74 Å². The number of alkyl halides is 1. The molecule has 0 unspecified atom stereocenters. The van der Waals surface area contributed by atoms with E-state index in [1.54, 1.807) is 0 Å². The van der Waals surface area contributed by atoms with Gasteiger partial charge in [-0.1, -0.05) is 15.9 Å². The van der Waals surface area contributed by atoms with Gasteiger partial charge in [0, 0.05) is 4.47 Å². The van der Waals surface area contributed by atoms with Crippen LogP contribution in [0.15, 0.2) is 25.6 Å². The minimum absolute atomic E-state index is 0.478. The molecule has 0 fully saturated rings. The van der Waals surface area contributed by atoms with Crippen molar-refractivity contribution in [2.24, 2.45) is 0 Å². The fraction of sp³-hybridized carbons (Fsp3) is 0.143. The minimum atomic E-state index is 0.478. The number of benzene rings is 1. The molecule has 0 aliphatic heterocycles. The first kappa shape index (κ1) is 11.0. The van der Waals surface area contributed by atoms with Crippen molar-refractivity contribution >= 4 is 63.7 Å². The summed E-state index contributed by atoms with van der Waals surface area (Å²) in [5.74, 6) is 0.801. The average Bonchev–Trinajstić information content (AvgIpc) is 1.96. The zero-order chi connectivity index (χ0) is 9.14. The Morgan fingerprint density at radius 3 is 2.00 bits per heavy atom. The monoisotopic (exact) mass is 420 g/mol. The van der Waals surface area contributed by atoms with Gasteiger partial charge in [-0.25, -0.2) is 0 Å². The first-order valence-corrected chi connectivity index (χ1v) is 6.48. The Kier molecular flexibility index (Phi) is 4.57. The SMILES string of the molecule is BrCOc1c(Br)cc(Br)cc1Br. The molecule has 0 atom stereocenters. The van der Waals surface area contributed by atoms with Crippen molar-refractivity contribution in [1.82, 2.24) is 0 Å². The first-order chi connectivity index (χ1) is 5.65. The Morgan fingerprint density at radius 1 is 1.08 bits per heavy atom. The maximum absolute atomic E-state index is 5.32. The van der Waals surface area contributed by atoms with Crippen LogP contribution in [0, 0.1) is 0 Å². The molecule has 12 heavy (non-hydrogen) atoms. The van der Waals surface area contributed by atoms with Gasteiger partial charge in [-0.15, -0.1) is 0 Å². The fourth-order valence-corrected chi connectivity index (χ4v) is 3.44. The van der Waals surface area contributed by atoms with Crippen molar-refractivity contribution in [2.45, 2.75) is 0 Å². The molecule has 0 amide bonds. The molecule has 0 saturated carbocycles. The van der Waals surface area contributed by atoms with Crippen molar-refractivity contribution in [3.63, 3.8) is 0 Å². The van der Waals surface area contributed by atoms with E-state index in [0.717, 1.165) is 19.2 Å². The van der Waals surface area contributed by atoms with Crippen molar-refractivity contribution < 1.29 is 4.74 Å². The molecule has 1 aromatic carbocycles. The van der Waals surface area contributed by atoms with E-state index >= 15 is 0 Å². The van der Waals surface area contributed by atoms with Gasteiger partial charge in [-0.05, 0) is 59.9 Å². The van der Waals surface area contributed by atoms with E-state index < -0.39 is 0 Å². The maximum atomic E-state index is 5.32. The quantitative estimate of drug-likeness (QED) is 0.626. The predicted octanol–water partition coefficient (Wildman–Crippen LogP) is 4.71. The topological polar surface area (TPSA) is 9.23 Å². The van der Waals surface area contributed by atoms with Crippen molar-refractivity contribution in [2.75, 3.05) is 5.52 Å².